The van der Waals surface area contributed by atoms with Crippen molar-refractivity contribution in [1.29, 1.82) is 0 Å². The molecule has 0 bridgehead atoms. The fraction of sp³-hybridized carbons (Fsp3) is 0.522. The topological polar surface area (TPSA) is 158 Å². The molecule has 1 saturated carbocycles. The molecule has 1 aliphatic carbocycles. The van der Waals surface area contributed by atoms with Gasteiger partial charge < -0.3 is 19.1 Å². The summed E-state index contributed by atoms with van der Waals surface area (Å²) in [7, 11) is -4.29. The van der Waals surface area contributed by atoms with Gasteiger partial charge in [0.25, 0.3) is 5.56 Å². The van der Waals surface area contributed by atoms with Crippen LogP contribution in [-0.2, 0) is 23.4 Å². The SMILES string of the molecule is C[C@H](NP(=O)(OC[C@H]1O[C@@H](n2ccc(=O)[nH]c2=O)[C@](C)(F)[C@@H]1O)Oc1ccccc1)C(=O)OCC1CC1. The Morgan fingerprint density at radius 3 is 2.65 bits per heavy atom. The van der Waals surface area contributed by atoms with Crippen molar-refractivity contribution in [3.8, 4) is 5.75 Å². The zero-order chi connectivity index (χ0) is 26.8. The summed E-state index contributed by atoms with van der Waals surface area (Å²) < 4.78 is 51.7. The normalized spacial score (nSPS) is 27.8. The van der Waals surface area contributed by atoms with Gasteiger partial charge in [-0.15, -0.1) is 0 Å². The number of hydrogen-bond acceptors (Lipinski definition) is 9. The highest BCUT2D eigenvalue weighted by Crippen LogP contribution is 2.47. The van der Waals surface area contributed by atoms with Crippen LogP contribution in [0.15, 0.2) is 52.2 Å². The average molecular weight is 541 g/mol. The molecule has 1 saturated heterocycles. The molecule has 3 N–H and O–H groups in total. The minimum Gasteiger partial charge on any atom is -0.464 e. The Bertz CT molecular complexity index is 1260. The maximum absolute atomic E-state index is 15.5. The Labute approximate surface area is 211 Å². The first kappa shape index (κ1) is 27.2. The molecule has 1 aromatic heterocycles. The first-order chi connectivity index (χ1) is 17.5. The van der Waals surface area contributed by atoms with Gasteiger partial charge in [-0.25, -0.2) is 13.8 Å². The first-order valence-corrected chi connectivity index (χ1v) is 13.3. The number of H-pyrrole nitrogens is 1. The number of aliphatic hydroxyl groups is 1. The molecule has 1 unspecified atom stereocenters. The number of esters is 1. The number of hydrogen-bond donors (Lipinski definition) is 3. The van der Waals surface area contributed by atoms with Gasteiger partial charge in [-0.3, -0.25) is 23.7 Å². The number of ether oxygens (including phenoxy) is 2. The first-order valence-electron chi connectivity index (χ1n) is 11.8. The van der Waals surface area contributed by atoms with Gasteiger partial charge in [-0.2, -0.15) is 5.09 Å². The van der Waals surface area contributed by atoms with Gasteiger partial charge >= 0.3 is 19.4 Å². The van der Waals surface area contributed by atoms with E-state index in [9.17, 15) is 24.1 Å². The summed E-state index contributed by atoms with van der Waals surface area (Å²) in [6.07, 6.45) is -1.79. The summed E-state index contributed by atoms with van der Waals surface area (Å²) in [4.78, 5) is 37.9. The molecular formula is C23H29FN3O9P. The molecule has 0 spiro atoms. The second-order valence-corrected chi connectivity index (χ2v) is 11.0. The number of halogens is 1. The predicted octanol–water partition coefficient (Wildman–Crippen LogP) is 1.66. The maximum atomic E-state index is 15.5. The van der Waals surface area contributed by atoms with E-state index in [0.29, 0.717) is 5.92 Å². The predicted molar refractivity (Wildman–Crippen MR) is 128 cm³/mol. The molecule has 4 rings (SSSR count). The fourth-order valence-electron chi connectivity index (χ4n) is 3.74. The molecule has 2 aliphatic rings. The van der Waals surface area contributed by atoms with Crippen LogP contribution in [0.5, 0.6) is 5.75 Å². The molecule has 2 aromatic rings. The lowest BCUT2D eigenvalue weighted by Gasteiger charge is -2.25. The quantitative estimate of drug-likeness (QED) is 0.282. The van der Waals surface area contributed by atoms with E-state index in [4.69, 9.17) is 18.5 Å². The van der Waals surface area contributed by atoms with Gasteiger partial charge in [-0.1, -0.05) is 18.2 Å². The van der Waals surface area contributed by atoms with Crippen LogP contribution in [0.2, 0.25) is 0 Å². The van der Waals surface area contributed by atoms with Crippen LogP contribution < -0.4 is 20.9 Å². The standard InChI is InChI=1S/C23H29FN3O9P/c1-14(20(30)33-12-15-8-9-15)26-37(32,36-16-6-4-3-5-7-16)34-13-17-19(29)23(2,24)21(35-17)27-11-10-18(28)25-22(27)31/h3-7,10-11,14-15,17,19,21,29H,8-9,12-13H2,1-2H3,(H,26,32)(H,25,28,31)/t14-,17+,19+,21+,23+,37?/m0/s1. The number of aliphatic hydroxyl groups excluding tert-OH is 1. The third-order valence-electron chi connectivity index (χ3n) is 6.06. The molecule has 6 atom stereocenters. The Morgan fingerprint density at radius 1 is 1.30 bits per heavy atom. The van der Waals surface area contributed by atoms with Crippen molar-refractivity contribution >= 4 is 13.7 Å². The molecule has 2 heterocycles. The molecule has 12 nitrogen and oxygen atoms in total. The molecule has 1 aliphatic heterocycles. The zero-order valence-electron chi connectivity index (χ0n) is 20.2. The highest BCUT2D eigenvalue weighted by atomic mass is 31.2. The molecule has 14 heteroatoms. The number of para-hydroxylation sites is 1. The summed E-state index contributed by atoms with van der Waals surface area (Å²) >= 11 is 0. The van der Waals surface area contributed by atoms with Crippen LogP contribution in [0, 0.1) is 5.92 Å². The Balaban J connectivity index is 1.48. The van der Waals surface area contributed by atoms with Gasteiger partial charge in [0.05, 0.1) is 13.2 Å². The molecule has 37 heavy (non-hydrogen) atoms. The monoisotopic (exact) mass is 541 g/mol. The molecule has 2 fully saturated rings. The number of rotatable bonds is 11. The molecule has 1 aromatic carbocycles. The van der Waals surface area contributed by atoms with Gasteiger partial charge in [0.15, 0.2) is 11.9 Å². The van der Waals surface area contributed by atoms with Crippen molar-refractivity contribution in [3.63, 3.8) is 0 Å². The summed E-state index contributed by atoms with van der Waals surface area (Å²) in [6, 6.07) is 7.95. The van der Waals surface area contributed by atoms with Crippen LogP contribution in [0.25, 0.3) is 0 Å². The summed E-state index contributed by atoms with van der Waals surface area (Å²) in [5.74, 6) is -0.158. The average Bonchev–Trinajstić information content (AvgIpc) is 3.64. The number of carbonyl (C=O) groups is 1. The fourth-order valence-corrected chi connectivity index (χ4v) is 5.25. The van der Waals surface area contributed by atoms with Crippen molar-refractivity contribution in [3.05, 3.63) is 63.4 Å². The van der Waals surface area contributed by atoms with E-state index < -0.39 is 61.7 Å². The van der Waals surface area contributed by atoms with E-state index in [1.54, 1.807) is 18.2 Å². The van der Waals surface area contributed by atoms with Gasteiger partial charge in [0.2, 0.25) is 0 Å². The van der Waals surface area contributed by atoms with Gasteiger partial charge in [0, 0.05) is 12.3 Å². The zero-order valence-corrected chi connectivity index (χ0v) is 21.1. The summed E-state index contributed by atoms with van der Waals surface area (Å²) in [5.41, 5.74) is -4.10. The number of nitrogens with one attached hydrogen (secondary N) is 2. The number of nitrogens with zero attached hydrogens (tertiary/aromatic N) is 1. The van der Waals surface area contributed by atoms with Crippen LogP contribution in [0.3, 0.4) is 0 Å². The van der Waals surface area contributed by atoms with Crippen molar-refractivity contribution in [1.82, 2.24) is 14.6 Å². The highest BCUT2D eigenvalue weighted by molar-refractivity contribution is 7.52. The van der Waals surface area contributed by atoms with E-state index in [1.165, 1.54) is 19.1 Å². The van der Waals surface area contributed by atoms with Crippen molar-refractivity contribution in [2.45, 2.75) is 56.8 Å². The highest BCUT2D eigenvalue weighted by Gasteiger charge is 2.56. The minimum absolute atomic E-state index is 0.165. The van der Waals surface area contributed by atoms with Crippen molar-refractivity contribution in [2.24, 2.45) is 5.92 Å². The van der Waals surface area contributed by atoms with E-state index in [1.807, 2.05) is 4.98 Å². The lowest BCUT2D eigenvalue weighted by atomic mass is 9.98. The van der Waals surface area contributed by atoms with Gasteiger partial charge in [-0.05, 0) is 44.7 Å². The van der Waals surface area contributed by atoms with Crippen molar-refractivity contribution < 1.29 is 37.4 Å². The van der Waals surface area contributed by atoms with Crippen LogP contribution >= 0.6 is 7.75 Å². The summed E-state index contributed by atoms with van der Waals surface area (Å²) in [6.45, 7) is 2.09. The Kier molecular flexibility index (Phi) is 8.00. The number of aromatic amines is 1. The maximum Gasteiger partial charge on any atom is 0.459 e. The lowest BCUT2D eigenvalue weighted by molar-refractivity contribution is -0.145. The van der Waals surface area contributed by atoms with Crippen LogP contribution in [-0.4, -0.2) is 57.8 Å². The van der Waals surface area contributed by atoms with Crippen LogP contribution in [0.4, 0.5) is 4.39 Å². The van der Waals surface area contributed by atoms with E-state index >= 15 is 4.39 Å². The van der Waals surface area contributed by atoms with Crippen LogP contribution in [0.1, 0.15) is 32.9 Å². The number of alkyl halides is 1. The number of benzene rings is 1. The second-order valence-electron chi connectivity index (χ2n) is 9.26. The molecule has 0 radical (unpaired) electrons. The van der Waals surface area contributed by atoms with E-state index in [2.05, 4.69) is 5.09 Å². The van der Waals surface area contributed by atoms with E-state index in [0.717, 1.165) is 36.6 Å². The van der Waals surface area contributed by atoms with E-state index in [-0.39, 0.29) is 12.4 Å². The number of carbonyl (C=O) groups excluding carboxylic acids is 1. The Hall–Kier alpha value is -2.83. The smallest absolute Gasteiger partial charge is 0.459 e. The van der Waals surface area contributed by atoms with Gasteiger partial charge in [0.1, 0.15) is 24.0 Å². The molecular weight excluding hydrogens is 512 g/mol. The summed E-state index contributed by atoms with van der Waals surface area (Å²) in [5, 5.41) is 13.1. The third-order valence-corrected chi connectivity index (χ3v) is 7.71. The molecule has 0 amide bonds. The number of aromatic nitrogens is 2. The minimum atomic E-state index is -4.29. The third kappa shape index (κ3) is 6.55. The largest absolute Gasteiger partial charge is 0.464 e. The lowest BCUT2D eigenvalue weighted by Crippen LogP contribution is -2.43. The Morgan fingerprint density at radius 2 is 2.00 bits per heavy atom. The van der Waals surface area contributed by atoms with Crippen molar-refractivity contribution in [2.75, 3.05) is 13.2 Å². The second kappa shape index (κ2) is 10.9. The molecule has 202 valence electrons.